The molecule has 8 heteroatoms. The maximum Gasteiger partial charge on any atom is 0.206 e. The molecule has 0 aliphatic heterocycles. The Hall–Kier alpha value is -1.51. The van der Waals surface area contributed by atoms with Crippen LogP contribution in [0.3, 0.4) is 0 Å². The summed E-state index contributed by atoms with van der Waals surface area (Å²) in [5.74, 6) is 0. The van der Waals surface area contributed by atoms with Crippen molar-refractivity contribution in [1.82, 2.24) is 20.2 Å². The zero-order valence-electron chi connectivity index (χ0n) is 9.74. The highest BCUT2D eigenvalue weighted by molar-refractivity contribution is 8.01. The molecule has 3 aromatic rings. The van der Waals surface area contributed by atoms with Crippen LogP contribution in [0.1, 0.15) is 0 Å². The van der Waals surface area contributed by atoms with Gasteiger partial charge >= 0.3 is 0 Å². The van der Waals surface area contributed by atoms with E-state index in [2.05, 4.69) is 32.1 Å². The van der Waals surface area contributed by atoms with Crippen molar-refractivity contribution in [3.05, 3.63) is 30.4 Å². The molecule has 0 atom stereocenters. The minimum Gasteiger partial charge on any atom is -0.357 e. The summed E-state index contributed by atoms with van der Waals surface area (Å²) in [6, 6.07) is 2.03. The fourth-order valence-electron chi connectivity index (χ4n) is 1.41. The van der Waals surface area contributed by atoms with E-state index in [1.807, 2.05) is 11.4 Å². The molecule has 1 N–H and O–H groups in total. The predicted octanol–water partition coefficient (Wildman–Crippen LogP) is 3.29. The number of nitrogens with one attached hydrogen (secondary N) is 1. The monoisotopic (exact) mass is 307 g/mol. The first-order valence-electron chi connectivity index (χ1n) is 5.41. The Bertz CT molecular complexity index is 705. The molecule has 0 spiro atoms. The second-order valence-electron chi connectivity index (χ2n) is 3.46. The van der Waals surface area contributed by atoms with E-state index < -0.39 is 0 Å². The van der Waals surface area contributed by atoms with Crippen LogP contribution in [0.2, 0.25) is 0 Å². The Labute approximate surface area is 121 Å². The molecule has 3 rings (SSSR count). The molecule has 5 nitrogen and oxygen atoms in total. The molecule has 0 fully saturated rings. The van der Waals surface area contributed by atoms with Gasteiger partial charge < -0.3 is 5.32 Å². The van der Waals surface area contributed by atoms with E-state index in [9.17, 15) is 0 Å². The molecular weight excluding hydrogens is 298 g/mol. The number of hydrogen-bond acceptors (Lipinski definition) is 8. The van der Waals surface area contributed by atoms with Crippen molar-refractivity contribution >= 4 is 49.8 Å². The van der Waals surface area contributed by atoms with Gasteiger partial charge in [-0.15, -0.1) is 28.1 Å². The van der Waals surface area contributed by atoms with Crippen LogP contribution in [-0.4, -0.2) is 26.7 Å². The van der Waals surface area contributed by atoms with Gasteiger partial charge in [0.05, 0.1) is 0 Å². The summed E-state index contributed by atoms with van der Waals surface area (Å²) in [5.41, 5.74) is 0. The first-order valence-corrected chi connectivity index (χ1v) is 7.92. The first kappa shape index (κ1) is 12.5. The quantitative estimate of drug-likeness (QED) is 0.576. The van der Waals surface area contributed by atoms with Crippen molar-refractivity contribution in [3.63, 3.8) is 0 Å². The second kappa shape index (κ2) is 5.64. The number of thiophene rings is 1. The number of nitrogens with zero attached hydrogens (tertiary/aromatic N) is 4. The molecule has 3 heterocycles. The van der Waals surface area contributed by atoms with Gasteiger partial charge in [0, 0.05) is 11.9 Å². The topological polar surface area (TPSA) is 63.6 Å². The maximum atomic E-state index is 4.31. The molecule has 0 aromatic carbocycles. The minimum absolute atomic E-state index is 0.682. The van der Waals surface area contributed by atoms with Gasteiger partial charge in [-0.2, -0.15) is 0 Å². The van der Waals surface area contributed by atoms with Crippen LogP contribution in [0.4, 0.5) is 5.13 Å². The van der Waals surface area contributed by atoms with Crippen molar-refractivity contribution < 1.29 is 0 Å². The van der Waals surface area contributed by atoms with Crippen molar-refractivity contribution in [2.75, 3.05) is 11.9 Å². The summed E-state index contributed by atoms with van der Waals surface area (Å²) in [4.78, 5) is 9.53. The zero-order chi connectivity index (χ0) is 13.1. The Kier molecular flexibility index (Phi) is 3.72. The molecule has 0 amide bonds. The van der Waals surface area contributed by atoms with Crippen molar-refractivity contribution in [1.29, 1.82) is 0 Å². The molecular formula is C11H9N5S3. The van der Waals surface area contributed by atoms with E-state index in [1.165, 1.54) is 23.1 Å². The van der Waals surface area contributed by atoms with Crippen LogP contribution >= 0.6 is 34.4 Å². The van der Waals surface area contributed by atoms with Gasteiger partial charge in [-0.3, -0.25) is 0 Å². The number of hydrogen-bond donors (Lipinski definition) is 1. The van der Waals surface area contributed by atoms with Gasteiger partial charge in [-0.05, 0) is 23.2 Å². The van der Waals surface area contributed by atoms with Gasteiger partial charge in [0.2, 0.25) is 5.13 Å². The highest BCUT2D eigenvalue weighted by Gasteiger charge is 2.10. The third-order valence-electron chi connectivity index (χ3n) is 2.21. The average Bonchev–Trinajstić information content (AvgIpc) is 3.05. The van der Waals surface area contributed by atoms with Crippen LogP contribution in [0.25, 0.3) is 10.2 Å². The molecule has 3 aromatic heterocycles. The van der Waals surface area contributed by atoms with E-state index in [0.717, 1.165) is 24.7 Å². The molecule has 0 unspecified atom stereocenters. The summed E-state index contributed by atoms with van der Waals surface area (Å²) in [6.07, 6.45) is 3.37. The average molecular weight is 307 g/mol. The second-order valence-corrected chi connectivity index (χ2v) is 6.57. The fraction of sp³-hybridized carbons (Fsp3) is 0.0909. The van der Waals surface area contributed by atoms with Crippen LogP contribution in [0.15, 0.2) is 39.8 Å². The largest absolute Gasteiger partial charge is 0.357 e. The standard InChI is InChI=1S/C11H9N5S3/c1-2-4-12-10-15-16-11(19-10)18-9-7-3-5-17-8(7)13-6-14-9/h2-3,5-6H,1,4H2,(H,12,15). The van der Waals surface area contributed by atoms with Crippen molar-refractivity contribution in [3.8, 4) is 0 Å². The molecule has 0 saturated carbocycles. The van der Waals surface area contributed by atoms with Crippen LogP contribution in [-0.2, 0) is 0 Å². The first-order chi connectivity index (χ1) is 9.36. The van der Waals surface area contributed by atoms with Gasteiger partial charge in [0.25, 0.3) is 0 Å². The van der Waals surface area contributed by atoms with Gasteiger partial charge in [-0.1, -0.05) is 17.4 Å². The van der Waals surface area contributed by atoms with Gasteiger partial charge in [0.15, 0.2) is 4.34 Å². The molecule has 0 aliphatic carbocycles. The van der Waals surface area contributed by atoms with Gasteiger partial charge in [-0.25, -0.2) is 9.97 Å². The molecule has 19 heavy (non-hydrogen) atoms. The Morgan fingerprint density at radius 2 is 2.32 bits per heavy atom. The van der Waals surface area contributed by atoms with Crippen LogP contribution < -0.4 is 5.32 Å². The van der Waals surface area contributed by atoms with E-state index in [0.29, 0.717) is 6.54 Å². The summed E-state index contributed by atoms with van der Waals surface area (Å²) in [5, 5.41) is 16.1. The molecule has 0 bridgehead atoms. The SMILES string of the molecule is C=CCNc1nnc(Sc2ncnc3sccc23)s1. The third kappa shape index (κ3) is 2.75. The summed E-state index contributed by atoms with van der Waals surface area (Å²) in [7, 11) is 0. The number of anilines is 1. The van der Waals surface area contributed by atoms with E-state index in [-0.39, 0.29) is 0 Å². The Balaban J connectivity index is 1.82. The Morgan fingerprint density at radius 1 is 1.37 bits per heavy atom. The van der Waals surface area contributed by atoms with Crippen molar-refractivity contribution in [2.45, 2.75) is 9.37 Å². The fourth-order valence-corrected chi connectivity index (χ4v) is 3.96. The third-order valence-corrected chi connectivity index (χ3v) is 4.98. The summed E-state index contributed by atoms with van der Waals surface area (Å²) < 4.78 is 0.859. The van der Waals surface area contributed by atoms with Gasteiger partial charge in [0.1, 0.15) is 16.2 Å². The zero-order valence-corrected chi connectivity index (χ0v) is 12.2. The molecule has 0 radical (unpaired) electrons. The van der Waals surface area contributed by atoms with E-state index in [1.54, 1.807) is 23.7 Å². The number of rotatable bonds is 5. The van der Waals surface area contributed by atoms with E-state index in [4.69, 9.17) is 0 Å². The van der Waals surface area contributed by atoms with E-state index >= 15 is 0 Å². The smallest absolute Gasteiger partial charge is 0.206 e. The lowest BCUT2D eigenvalue weighted by molar-refractivity contribution is 1.00. The molecule has 0 saturated heterocycles. The maximum absolute atomic E-state index is 4.31. The Morgan fingerprint density at radius 3 is 3.21 bits per heavy atom. The number of fused-ring (bicyclic) bond motifs is 1. The van der Waals surface area contributed by atoms with Crippen LogP contribution in [0.5, 0.6) is 0 Å². The predicted molar refractivity (Wildman–Crippen MR) is 80.1 cm³/mol. The minimum atomic E-state index is 0.682. The highest BCUT2D eigenvalue weighted by atomic mass is 32.2. The molecule has 0 aliphatic rings. The summed E-state index contributed by atoms with van der Waals surface area (Å²) in [6.45, 7) is 4.33. The van der Waals surface area contributed by atoms with Crippen molar-refractivity contribution in [2.24, 2.45) is 0 Å². The lowest BCUT2D eigenvalue weighted by Crippen LogP contribution is -1.96. The van der Waals surface area contributed by atoms with Crippen LogP contribution in [0, 0.1) is 0 Å². The lowest BCUT2D eigenvalue weighted by Gasteiger charge is -1.97. The highest BCUT2D eigenvalue weighted by Crippen LogP contribution is 2.35. The number of aromatic nitrogens is 4. The molecule has 96 valence electrons. The normalized spacial score (nSPS) is 10.7. The summed E-state index contributed by atoms with van der Waals surface area (Å²) >= 11 is 4.62. The lowest BCUT2D eigenvalue weighted by atomic mass is 10.4.